The second-order valence-electron chi connectivity index (χ2n) is 6.21. The molecule has 1 aromatic carbocycles. The fourth-order valence-electron chi connectivity index (χ4n) is 3.05. The molecule has 3 rings (SSSR count). The van der Waals surface area contributed by atoms with E-state index in [1.165, 1.54) is 12.1 Å². The van der Waals surface area contributed by atoms with E-state index in [9.17, 15) is 9.18 Å². The maximum atomic E-state index is 13.0. The van der Waals surface area contributed by atoms with Crippen molar-refractivity contribution in [1.82, 2.24) is 5.32 Å². The molecule has 5 heteroatoms. The summed E-state index contributed by atoms with van der Waals surface area (Å²) in [6, 6.07) is 10.2. The van der Waals surface area contributed by atoms with Crippen LogP contribution in [0.2, 0.25) is 0 Å². The second-order valence-corrected chi connectivity index (χ2v) is 6.21. The van der Waals surface area contributed by atoms with Gasteiger partial charge >= 0.3 is 0 Å². The summed E-state index contributed by atoms with van der Waals surface area (Å²) < 4.78 is 24.3. The highest BCUT2D eigenvalue weighted by atomic mass is 19.1. The van der Waals surface area contributed by atoms with Gasteiger partial charge in [0.15, 0.2) is 0 Å². The maximum Gasteiger partial charge on any atom is 0.220 e. The lowest BCUT2D eigenvalue weighted by molar-refractivity contribution is -0.121. The molecule has 4 nitrogen and oxygen atoms in total. The number of halogens is 1. The van der Waals surface area contributed by atoms with Gasteiger partial charge in [0, 0.05) is 31.9 Å². The molecule has 1 N–H and O–H groups in total. The maximum absolute atomic E-state index is 13.0. The molecule has 128 valence electrons. The molecule has 1 saturated heterocycles. The van der Waals surface area contributed by atoms with Crippen molar-refractivity contribution in [3.63, 3.8) is 0 Å². The van der Waals surface area contributed by atoms with Gasteiger partial charge in [-0.1, -0.05) is 12.1 Å². The average molecular weight is 331 g/mol. The predicted octanol–water partition coefficient (Wildman–Crippen LogP) is 3.55. The summed E-state index contributed by atoms with van der Waals surface area (Å²) in [5.74, 6) is 1.65. The number of carbonyl (C=O) groups excluding carboxylic acids is 1. The highest BCUT2D eigenvalue weighted by molar-refractivity contribution is 5.76. The number of ether oxygens (including phenoxy) is 1. The third-order valence-corrected chi connectivity index (χ3v) is 4.37. The molecule has 2 atom stereocenters. The average Bonchev–Trinajstić information content (AvgIpc) is 3.20. The van der Waals surface area contributed by atoms with Gasteiger partial charge in [0.25, 0.3) is 0 Å². The molecule has 1 aliphatic heterocycles. The molecule has 0 bridgehead atoms. The van der Waals surface area contributed by atoms with Crippen molar-refractivity contribution in [3.8, 4) is 0 Å². The first-order valence-corrected chi connectivity index (χ1v) is 8.31. The zero-order chi connectivity index (χ0) is 16.9. The third kappa shape index (κ3) is 4.23. The predicted molar refractivity (Wildman–Crippen MR) is 88.0 cm³/mol. The third-order valence-electron chi connectivity index (χ3n) is 4.37. The van der Waals surface area contributed by atoms with Crippen LogP contribution in [-0.2, 0) is 16.0 Å². The quantitative estimate of drug-likeness (QED) is 0.880. The molecule has 0 aliphatic carbocycles. The fourth-order valence-corrected chi connectivity index (χ4v) is 3.05. The number of hydrogen-bond donors (Lipinski definition) is 1. The molecule has 0 saturated carbocycles. The van der Waals surface area contributed by atoms with E-state index >= 15 is 0 Å². The van der Waals surface area contributed by atoms with Crippen molar-refractivity contribution >= 4 is 5.91 Å². The Balaban J connectivity index is 1.48. The zero-order valence-electron chi connectivity index (χ0n) is 13.8. The van der Waals surface area contributed by atoms with Crippen molar-refractivity contribution in [2.75, 3.05) is 13.2 Å². The first-order chi connectivity index (χ1) is 11.6. The molecule has 0 radical (unpaired) electrons. The number of benzene rings is 1. The Hall–Kier alpha value is -2.14. The molecule has 1 aromatic heterocycles. The first-order valence-electron chi connectivity index (χ1n) is 8.31. The highest BCUT2D eigenvalue weighted by Gasteiger charge is 2.29. The van der Waals surface area contributed by atoms with Crippen molar-refractivity contribution < 1.29 is 18.3 Å². The van der Waals surface area contributed by atoms with Gasteiger partial charge in [0.1, 0.15) is 17.3 Å². The summed E-state index contributed by atoms with van der Waals surface area (Å²) in [5, 5.41) is 2.98. The number of hydrogen-bond acceptors (Lipinski definition) is 3. The number of furan rings is 1. The lowest BCUT2D eigenvalue weighted by Gasteiger charge is -2.19. The van der Waals surface area contributed by atoms with E-state index < -0.39 is 0 Å². The zero-order valence-corrected chi connectivity index (χ0v) is 13.8. The normalized spacial score (nSPS) is 20.2. The molecule has 0 spiro atoms. The second kappa shape index (κ2) is 7.62. The fraction of sp³-hybridized carbons (Fsp3) is 0.421. The van der Waals surface area contributed by atoms with E-state index in [1.54, 1.807) is 12.1 Å². The Morgan fingerprint density at radius 1 is 1.25 bits per heavy atom. The molecule has 0 unspecified atom stereocenters. The molecule has 24 heavy (non-hydrogen) atoms. The summed E-state index contributed by atoms with van der Waals surface area (Å²) in [6.45, 7) is 3.12. The van der Waals surface area contributed by atoms with Crippen molar-refractivity contribution in [1.29, 1.82) is 0 Å². The Morgan fingerprint density at radius 2 is 2.04 bits per heavy atom. The van der Waals surface area contributed by atoms with Gasteiger partial charge in [-0.05, 0) is 43.2 Å². The SMILES string of the molecule is Cc1ccc(CCC(=O)NC[C@@H]2CCO[C@H]2c2ccc(F)cc2)o1. The summed E-state index contributed by atoms with van der Waals surface area (Å²) in [5.41, 5.74) is 0.958. The monoisotopic (exact) mass is 331 g/mol. The van der Waals surface area contributed by atoms with E-state index in [-0.39, 0.29) is 23.7 Å². The largest absolute Gasteiger partial charge is 0.466 e. The van der Waals surface area contributed by atoms with E-state index in [2.05, 4.69) is 5.32 Å². The molecule has 1 aliphatic rings. The Bertz CT molecular complexity index is 680. The van der Waals surface area contributed by atoms with Gasteiger partial charge in [-0.3, -0.25) is 4.79 Å². The van der Waals surface area contributed by atoms with E-state index in [0.29, 0.717) is 26.0 Å². The lowest BCUT2D eigenvalue weighted by atomic mass is 9.95. The summed E-state index contributed by atoms with van der Waals surface area (Å²) in [6.07, 6.45) is 1.81. The molecule has 2 heterocycles. The highest BCUT2D eigenvalue weighted by Crippen LogP contribution is 2.34. The van der Waals surface area contributed by atoms with Crippen LogP contribution in [0, 0.1) is 18.7 Å². The first kappa shape index (κ1) is 16.7. The van der Waals surface area contributed by atoms with Gasteiger partial charge in [0.2, 0.25) is 5.91 Å². The number of rotatable bonds is 6. The van der Waals surface area contributed by atoms with Crippen LogP contribution in [0.3, 0.4) is 0 Å². The summed E-state index contributed by atoms with van der Waals surface area (Å²) >= 11 is 0. The van der Waals surface area contributed by atoms with Crippen LogP contribution in [-0.4, -0.2) is 19.1 Å². The number of nitrogens with one attached hydrogen (secondary N) is 1. The van der Waals surface area contributed by atoms with Gasteiger partial charge in [-0.15, -0.1) is 0 Å². The van der Waals surface area contributed by atoms with Crippen LogP contribution in [0.1, 0.15) is 36.0 Å². The van der Waals surface area contributed by atoms with Crippen LogP contribution in [0.25, 0.3) is 0 Å². The van der Waals surface area contributed by atoms with E-state index in [1.807, 2.05) is 19.1 Å². The minimum Gasteiger partial charge on any atom is -0.466 e. The van der Waals surface area contributed by atoms with Crippen LogP contribution < -0.4 is 5.32 Å². The topological polar surface area (TPSA) is 51.5 Å². The van der Waals surface area contributed by atoms with Crippen LogP contribution in [0.5, 0.6) is 0 Å². The van der Waals surface area contributed by atoms with Gasteiger partial charge < -0.3 is 14.5 Å². The van der Waals surface area contributed by atoms with E-state index in [4.69, 9.17) is 9.15 Å². The summed E-state index contributed by atoms with van der Waals surface area (Å²) in [7, 11) is 0. The lowest BCUT2D eigenvalue weighted by Crippen LogP contribution is -2.30. The number of amides is 1. The van der Waals surface area contributed by atoms with Crippen molar-refractivity contribution in [3.05, 3.63) is 59.3 Å². The minimum atomic E-state index is -0.255. The molecule has 1 fully saturated rings. The summed E-state index contributed by atoms with van der Waals surface area (Å²) in [4.78, 5) is 12.0. The Labute approximate surface area is 141 Å². The smallest absolute Gasteiger partial charge is 0.220 e. The van der Waals surface area contributed by atoms with Crippen molar-refractivity contribution in [2.45, 2.75) is 32.3 Å². The Morgan fingerprint density at radius 3 is 2.75 bits per heavy atom. The van der Waals surface area contributed by atoms with Crippen LogP contribution in [0.15, 0.2) is 40.8 Å². The van der Waals surface area contributed by atoms with Gasteiger partial charge in [-0.2, -0.15) is 0 Å². The molecular weight excluding hydrogens is 309 g/mol. The van der Waals surface area contributed by atoms with Gasteiger partial charge in [0.05, 0.1) is 6.10 Å². The van der Waals surface area contributed by atoms with E-state index in [0.717, 1.165) is 23.5 Å². The molecule has 1 amide bonds. The minimum absolute atomic E-state index is 0.00816. The number of carbonyl (C=O) groups is 1. The van der Waals surface area contributed by atoms with Crippen LogP contribution in [0.4, 0.5) is 4.39 Å². The van der Waals surface area contributed by atoms with Crippen molar-refractivity contribution in [2.24, 2.45) is 5.92 Å². The molecule has 2 aromatic rings. The Kier molecular flexibility index (Phi) is 5.30. The molecular formula is C19H22FNO3. The standard InChI is InChI=1S/C19H22FNO3/c1-13-2-7-17(24-13)8-9-18(22)21-12-15-10-11-23-19(15)14-3-5-16(20)6-4-14/h2-7,15,19H,8-12H2,1H3,(H,21,22)/t15-,19-/m0/s1. The van der Waals surface area contributed by atoms with Gasteiger partial charge in [-0.25, -0.2) is 4.39 Å². The number of aryl methyl sites for hydroxylation is 2. The van der Waals surface area contributed by atoms with Crippen LogP contribution >= 0.6 is 0 Å².